The van der Waals surface area contributed by atoms with Gasteiger partial charge in [-0.2, -0.15) is 0 Å². The fraction of sp³-hybridized carbons (Fsp3) is 0.348. The third kappa shape index (κ3) is 9.27. The lowest BCUT2D eigenvalue weighted by molar-refractivity contribution is -0.122. The highest BCUT2D eigenvalue weighted by molar-refractivity contribution is 5.77. The van der Waals surface area contributed by atoms with Crippen LogP contribution in [-0.4, -0.2) is 61.9 Å². The van der Waals surface area contributed by atoms with Crippen molar-refractivity contribution in [2.45, 2.75) is 12.5 Å². The molecule has 0 heterocycles. The van der Waals surface area contributed by atoms with Crippen molar-refractivity contribution in [3.05, 3.63) is 72.8 Å². The number of carbonyl (C=O) groups is 1. The number of nitrogens with zero attached hydrogens (tertiary/aromatic N) is 1. The van der Waals surface area contributed by atoms with E-state index in [2.05, 4.69) is 16.8 Å². The van der Waals surface area contributed by atoms with Crippen LogP contribution >= 0.6 is 0 Å². The number of ether oxygens (including phenoxy) is 2. The molecule has 0 fully saturated rings. The molecule has 2 rings (SSSR count). The van der Waals surface area contributed by atoms with Gasteiger partial charge in [0, 0.05) is 19.6 Å². The van der Waals surface area contributed by atoms with E-state index in [1.54, 1.807) is 6.08 Å². The quantitative estimate of drug-likeness (QED) is 0.507. The van der Waals surface area contributed by atoms with Gasteiger partial charge < -0.3 is 24.8 Å². The maximum atomic E-state index is 11.5. The minimum atomic E-state index is -0.553. The van der Waals surface area contributed by atoms with Gasteiger partial charge in [0.25, 0.3) is 5.91 Å². The van der Waals surface area contributed by atoms with E-state index < -0.39 is 6.10 Å². The van der Waals surface area contributed by atoms with Gasteiger partial charge in [-0.15, -0.1) is 6.58 Å². The number of hydrogen-bond acceptors (Lipinski definition) is 5. The number of rotatable bonds is 13. The van der Waals surface area contributed by atoms with Gasteiger partial charge in [-0.3, -0.25) is 4.79 Å². The third-order valence-corrected chi connectivity index (χ3v) is 4.23. The van der Waals surface area contributed by atoms with Gasteiger partial charge in [-0.1, -0.05) is 36.4 Å². The van der Waals surface area contributed by atoms with Crippen molar-refractivity contribution in [3.63, 3.8) is 0 Å². The zero-order valence-corrected chi connectivity index (χ0v) is 16.9. The number of benzene rings is 2. The average molecular weight is 399 g/mol. The first-order chi connectivity index (χ1) is 14.1. The Labute approximate surface area is 172 Å². The van der Waals surface area contributed by atoms with E-state index in [9.17, 15) is 9.90 Å². The molecular formula is C23H30N2O4. The van der Waals surface area contributed by atoms with Crippen molar-refractivity contribution in [2.75, 3.05) is 39.9 Å². The molecule has 0 aromatic heterocycles. The molecule has 2 aromatic rings. The molecule has 1 amide bonds. The predicted molar refractivity (Wildman–Crippen MR) is 114 cm³/mol. The van der Waals surface area contributed by atoms with E-state index in [0.29, 0.717) is 18.8 Å². The van der Waals surface area contributed by atoms with Crippen molar-refractivity contribution in [3.8, 4) is 11.5 Å². The standard InChI is InChI=1S/C23H30N2O4/c1-3-14-24-23(27)18-29-22-11-9-19(10-12-22)13-15-25(2)16-20(26)17-28-21-7-5-4-6-8-21/h3-12,20,26H,1,13-18H2,2H3,(H,24,27). The molecule has 0 aliphatic carbocycles. The SMILES string of the molecule is C=CCNC(=O)COc1ccc(CCN(C)CC(O)COc2ccccc2)cc1. The third-order valence-electron chi connectivity index (χ3n) is 4.23. The van der Waals surface area contributed by atoms with Gasteiger partial charge >= 0.3 is 0 Å². The number of likely N-dealkylation sites (N-methyl/N-ethyl adjacent to an activating group) is 1. The highest BCUT2D eigenvalue weighted by atomic mass is 16.5. The Morgan fingerprint density at radius 1 is 1.14 bits per heavy atom. The second-order valence-corrected chi connectivity index (χ2v) is 6.82. The van der Waals surface area contributed by atoms with E-state index in [1.165, 1.54) is 0 Å². The summed E-state index contributed by atoms with van der Waals surface area (Å²) in [4.78, 5) is 13.6. The Morgan fingerprint density at radius 3 is 2.52 bits per heavy atom. The van der Waals surface area contributed by atoms with Gasteiger partial charge in [0.15, 0.2) is 6.61 Å². The lowest BCUT2D eigenvalue weighted by Crippen LogP contribution is -2.34. The number of aliphatic hydroxyl groups is 1. The van der Waals surface area contributed by atoms with E-state index in [0.717, 1.165) is 24.3 Å². The van der Waals surface area contributed by atoms with Crippen LogP contribution in [0.1, 0.15) is 5.56 Å². The van der Waals surface area contributed by atoms with Crippen LogP contribution in [0.15, 0.2) is 67.3 Å². The number of carbonyl (C=O) groups excluding carboxylic acids is 1. The maximum Gasteiger partial charge on any atom is 0.258 e. The lowest BCUT2D eigenvalue weighted by atomic mass is 10.1. The van der Waals surface area contributed by atoms with Crippen molar-refractivity contribution in [1.29, 1.82) is 0 Å². The Balaban J connectivity index is 1.65. The molecule has 6 nitrogen and oxygen atoms in total. The maximum absolute atomic E-state index is 11.5. The highest BCUT2D eigenvalue weighted by Crippen LogP contribution is 2.13. The molecule has 2 N–H and O–H groups in total. The molecule has 6 heteroatoms. The Bertz CT molecular complexity index is 734. The van der Waals surface area contributed by atoms with Crippen molar-refractivity contribution in [2.24, 2.45) is 0 Å². The normalized spacial score (nSPS) is 11.7. The Morgan fingerprint density at radius 2 is 1.83 bits per heavy atom. The summed E-state index contributed by atoms with van der Waals surface area (Å²) in [7, 11) is 1.98. The molecule has 0 spiro atoms. The largest absolute Gasteiger partial charge is 0.491 e. The van der Waals surface area contributed by atoms with Crippen LogP contribution in [0.3, 0.4) is 0 Å². The molecule has 0 radical (unpaired) electrons. The van der Waals surface area contributed by atoms with Gasteiger partial charge in [0.2, 0.25) is 0 Å². The van der Waals surface area contributed by atoms with Crippen LogP contribution in [-0.2, 0) is 11.2 Å². The zero-order valence-electron chi connectivity index (χ0n) is 16.9. The average Bonchev–Trinajstić information content (AvgIpc) is 2.74. The summed E-state index contributed by atoms with van der Waals surface area (Å²) in [5.41, 5.74) is 1.16. The number of hydrogen-bond donors (Lipinski definition) is 2. The van der Waals surface area contributed by atoms with E-state index in [-0.39, 0.29) is 19.1 Å². The Hall–Kier alpha value is -2.83. The van der Waals surface area contributed by atoms with Crippen LogP contribution in [0.5, 0.6) is 11.5 Å². The summed E-state index contributed by atoms with van der Waals surface area (Å²) in [6.07, 6.45) is 1.92. The van der Waals surface area contributed by atoms with Crippen LogP contribution in [0.2, 0.25) is 0 Å². The predicted octanol–water partition coefficient (Wildman–Crippen LogP) is 2.28. The topological polar surface area (TPSA) is 71.0 Å². The van der Waals surface area contributed by atoms with Gasteiger partial charge in [-0.05, 0) is 43.3 Å². The summed E-state index contributed by atoms with van der Waals surface area (Å²) in [5.74, 6) is 1.24. The highest BCUT2D eigenvalue weighted by Gasteiger charge is 2.09. The van der Waals surface area contributed by atoms with E-state index in [4.69, 9.17) is 9.47 Å². The molecule has 1 atom stereocenters. The van der Waals surface area contributed by atoms with Crippen LogP contribution in [0.4, 0.5) is 0 Å². The molecule has 29 heavy (non-hydrogen) atoms. The van der Waals surface area contributed by atoms with Crippen molar-refractivity contribution >= 4 is 5.91 Å². The molecule has 0 bridgehead atoms. The van der Waals surface area contributed by atoms with E-state index in [1.807, 2.05) is 61.6 Å². The summed E-state index contributed by atoms with van der Waals surface area (Å²) in [6, 6.07) is 17.2. The molecule has 0 saturated heterocycles. The van der Waals surface area contributed by atoms with Gasteiger partial charge in [0.05, 0.1) is 0 Å². The summed E-state index contributed by atoms with van der Waals surface area (Å²) >= 11 is 0. The summed E-state index contributed by atoms with van der Waals surface area (Å²) in [6.45, 7) is 5.58. The number of para-hydroxylation sites is 1. The fourth-order valence-electron chi connectivity index (χ4n) is 2.67. The summed E-state index contributed by atoms with van der Waals surface area (Å²) in [5, 5.41) is 12.8. The van der Waals surface area contributed by atoms with Gasteiger partial charge in [0.1, 0.15) is 24.2 Å². The molecule has 0 aliphatic heterocycles. The molecule has 0 saturated carbocycles. The molecular weight excluding hydrogens is 368 g/mol. The van der Waals surface area contributed by atoms with Crippen LogP contribution < -0.4 is 14.8 Å². The second-order valence-electron chi connectivity index (χ2n) is 6.82. The molecule has 0 aliphatic rings. The van der Waals surface area contributed by atoms with Crippen molar-refractivity contribution in [1.82, 2.24) is 10.2 Å². The summed E-state index contributed by atoms with van der Waals surface area (Å²) < 4.78 is 11.0. The second kappa shape index (κ2) is 12.6. The molecule has 1 unspecified atom stereocenters. The van der Waals surface area contributed by atoms with E-state index >= 15 is 0 Å². The minimum Gasteiger partial charge on any atom is -0.491 e. The van der Waals surface area contributed by atoms with Crippen LogP contribution in [0, 0.1) is 0 Å². The molecule has 156 valence electrons. The monoisotopic (exact) mass is 398 g/mol. The van der Waals surface area contributed by atoms with Crippen molar-refractivity contribution < 1.29 is 19.4 Å². The smallest absolute Gasteiger partial charge is 0.258 e. The minimum absolute atomic E-state index is 0.0150. The first-order valence-corrected chi connectivity index (χ1v) is 9.70. The Kier molecular flexibility index (Phi) is 9.75. The van der Waals surface area contributed by atoms with Gasteiger partial charge in [-0.25, -0.2) is 0 Å². The number of amides is 1. The molecule has 2 aromatic carbocycles. The first-order valence-electron chi connectivity index (χ1n) is 9.70. The number of nitrogens with one attached hydrogen (secondary N) is 1. The first kappa shape index (κ1) is 22.5. The lowest BCUT2D eigenvalue weighted by Gasteiger charge is -2.21. The zero-order chi connectivity index (χ0) is 20.9. The number of aliphatic hydroxyl groups excluding tert-OH is 1. The fourth-order valence-corrected chi connectivity index (χ4v) is 2.67. The van der Waals surface area contributed by atoms with Crippen LogP contribution in [0.25, 0.3) is 0 Å².